The molecule has 0 radical (unpaired) electrons. The lowest BCUT2D eigenvalue weighted by molar-refractivity contribution is -0.129. The maximum Gasteiger partial charge on any atom is 0.229 e. The zero-order valence-electron chi connectivity index (χ0n) is 17.4. The first-order valence-corrected chi connectivity index (χ1v) is 10.6. The molecule has 0 spiro atoms. The van der Waals surface area contributed by atoms with E-state index < -0.39 is 0 Å². The van der Waals surface area contributed by atoms with Gasteiger partial charge in [-0.15, -0.1) is 0 Å². The highest BCUT2D eigenvalue weighted by atomic mass is 16.5. The molecule has 2 aliphatic heterocycles. The summed E-state index contributed by atoms with van der Waals surface area (Å²) in [6, 6.07) is 17.9. The molecular weight excluding hydrogens is 378 g/mol. The van der Waals surface area contributed by atoms with Gasteiger partial charge in [-0.3, -0.25) is 14.5 Å². The van der Waals surface area contributed by atoms with Crippen LogP contribution >= 0.6 is 0 Å². The number of amides is 2. The van der Waals surface area contributed by atoms with Crippen molar-refractivity contribution in [2.75, 3.05) is 38.2 Å². The predicted octanol–water partition coefficient (Wildman–Crippen LogP) is 3.07. The fourth-order valence-corrected chi connectivity index (χ4v) is 4.15. The number of nitrogens with zero attached hydrogens (tertiary/aromatic N) is 2. The number of hydrogen-bond acceptors (Lipinski definition) is 4. The molecule has 2 aromatic rings. The van der Waals surface area contributed by atoms with Gasteiger partial charge in [0, 0.05) is 38.3 Å². The maximum atomic E-state index is 12.8. The Kier molecular flexibility index (Phi) is 6.45. The monoisotopic (exact) mass is 407 g/mol. The lowest BCUT2D eigenvalue weighted by Gasteiger charge is -2.26. The minimum atomic E-state index is -0.323. The van der Waals surface area contributed by atoms with Gasteiger partial charge >= 0.3 is 0 Å². The van der Waals surface area contributed by atoms with E-state index in [0.29, 0.717) is 6.54 Å². The first-order chi connectivity index (χ1) is 14.6. The molecule has 2 amide bonds. The van der Waals surface area contributed by atoms with E-state index in [9.17, 15) is 9.59 Å². The summed E-state index contributed by atoms with van der Waals surface area (Å²) in [4.78, 5) is 29.5. The van der Waals surface area contributed by atoms with Crippen LogP contribution in [0.4, 0.5) is 5.69 Å². The van der Waals surface area contributed by atoms with Gasteiger partial charge in [0.1, 0.15) is 0 Å². The predicted molar refractivity (Wildman–Crippen MR) is 116 cm³/mol. The molecule has 2 heterocycles. The summed E-state index contributed by atoms with van der Waals surface area (Å²) in [6.45, 7) is 6.83. The topological polar surface area (TPSA) is 61.9 Å². The highest BCUT2D eigenvalue weighted by Crippen LogP contribution is 2.29. The molecule has 1 N–H and O–H groups in total. The lowest BCUT2D eigenvalue weighted by Crippen LogP contribution is -2.35. The fourth-order valence-electron chi connectivity index (χ4n) is 4.15. The van der Waals surface area contributed by atoms with Gasteiger partial charge < -0.3 is 15.0 Å². The first kappa shape index (κ1) is 20.6. The number of anilines is 1. The van der Waals surface area contributed by atoms with Crippen molar-refractivity contribution in [3.8, 4) is 0 Å². The largest absolute Gasteiger partial charge is 0.379 e. The van der Waals surface area contributed by atoms with Crippen molar-refractivity contribution in [3.05, 3.63) is 65.7 Å². The van der Waals surface area contributed by atoms with Crippen LogP contribution in [0, 0.1) is 5.92 Å². The molecule has 2 atom stereocenters. The normalized spacial score (nSPS) is 20.9. The molecule has 0 aliphatic carbocycles. The second-order valence-corrected chi connectivity index (χ2v) is 8.11. The van der Waals surface area contributed by atoms with Crippen LogP contribution in [-0.4, -0.2) is 54.5 Å². The van der Waals surface area contributed by atoms with E-state index in [4.69, 9.17) is 4.74 Å². The Bertz CT molecular complexity index is 863. The SMILES string of the molecule is CC(c1ccccc1)N1CC(C(=O)Nc2ccc(CN3CCOCC3)cc2)CC1=O. The molecule has 4 rings (SSSR count). The second kappa shape index (κ2) is 9.41. The zero-order valence-corrected chi connectivity index (χ0v) is 17.4. The van der Waals surface area contributed by atoms with Crippen molar-refractivity contribution < 1.29 is 14.3 Å². The summed E-state index contributed by atoms with van der Waals surface area (Å²) in [6.07, 6.45) is 0.262. The molecular formula is C24H29N3O3. The van der Waals surface area contributed by atoms with Crippen LogP contribution in [0.3, 0.4) is 0 Å². The molecule has 158 valence electrons. The van der Waals surface area contributed by atoms with Crippen LogP contribution in [0.2, 0.25) is 0 Å². The van der Waals surface area contributed by atoms with Crippen molar-refractivity contribution in [1.82, 2.24) is 9.80 Å². The highest BCUT2D eigenvalue weighted by molar-refractivity contribution is 5.97. The molecule has 0 bridgehead atoms. The molecule has 30 heavy (non-hydrogen) atoms. The van der Waals surface area contributed by atoms with E-state index in [2.05, 4.69) is 22.3 Å². The molecule has 2 fully saturated rings. The lowest BCUT2D eigenvalue weighted by atomic mass is 10.1. The summed E-state index contributed by atoms with van der Waals surface area (Å²) in [7, 11) is 0. The molecule has 0 saturated carbocycles. The Morgan fingerprint density at radius 2 is 1.80 bits per heavy atom. The van der Waals surface area contributed by atoms with E-state index >= 15 is 0 Å². The van der Waals surface area contributed by atoms with E-state index in [0.717, 1.165) is 44.1 Å². The Morgan fingerprint density at radius 3 is 2.50 bits per heavy atom. The number of benzene rings is 2. The van der Waals surface area contributed by atoms with Crippen molar-refractivity contribution >= 4 is 17.5 Å². The molecule has 2 aromatic carbocycles. The summed E-state index contributed by atoms with van der Waals surface area (Å²) >= 11 is 0. The van der Waals surface area contributed by atoms with Crippen LogP contribution in [-0.2, 0) is 20.9 Å². The second-order valence-electron chi connectivity index (χ2n) is 8.11. The van der Waals surface area contributed by atoms with Crippen molar-refractivity contribution in [2.45, 2.75) is 25.9 Å². The number of carbonyl (C=O) groups excluding carboxylic acids is 2. The number of ether oxygens (including phenoxy) is 1. The van der Waals surface area contributed by atoms with Gasteiger partial charge in [-0.25, -0.2) is 0 Å². The van der Waals surface area contributed by atoms with Crippen molar-refractivity contribution in [3.63, 3.8) is 0 Å². The number of likely N-dealkylation sites (tertiary alicyclic amines) is 1. The van der Waals surface area contributed by atoms with Gasteiger partial charge in [-0.1, -0.05) is 42.5 Å². The number of nitrogens with one attached hydrogen (secondary N) is 1. The van der Waals surface area contributed by atoms with Gasteiger partial charge in [0.05, 0.1) is 25.2 Å². The first-order valence-electron chi connectivity index (χ1n) is 10.6. The number of rotatable bonds is 6. The van der Waals surface area contributed by atoms with Gasteiger partial charge in [-0.05, 0) is 30.2 Å². The molecule has 2 unspecified atom stereocenters. The standard InChI is InChI=1S/C24H29N3O3/c1-18(20-5-3-2-4-6-20)27-17-21(15-23(27)28)24(29)25-22-9-7-19(8-10-22)16-26-11-13-30-14-12-26/h2-10,18,21H,11-17H2,1H3,(H,25,29). The number of carbonyl (C=O) groups is 2. The molecule has 2 saturated heterocycles. The molecule has 0 aromatic heterocycles. The highest BCUT2D eigenvalue weighted by Gasteiger charge is 2.37. The minimum Gasteiger partial charge on any atom is -0.379 e. The van der Waals surface area contributed by atoms with Gasteiger partial charge in [0.15, 0.2) is 0 Å². The van der Waals surface area contributed by atoms with Crippen LogP contribution in [0.15, 0.2) is 54.6 Å². The summed E-state index contributed by atoms with van der Waals surface area (Å²) in [5.41, 5.74) is 3.07. The number of morpholine rings is 1. The van der Waals surface area contributed by atoms with Gasteiger partial charge in [0.2, 0.25) is 11.8 Å². The third kappa shape index (κ3) is 4.89. The van der Waals surface area contributed by atoms with Gasteiger partial charge in [0.25, 0.3) is 0 Å². The number of hydrogen-bond donors (Lipinski definition) is 1. The summed E-state index contributed by atoms with van der Waals surface area (Å²) in [5.74, 6) is -0.379. The Morgan fingerprint density at radius 1 is 1.10 bits per heavy atom. The Labute approximate surface area is 177 Å². The third-order valence-electron chi connectivity index (χ3n) is 6.01. The maximum absolute atomic E-state index is 12.8. The third-order valence-corrected chi connectivity index (χ3v) is 6.01. The summed E-state index contributed by atoms with van der Waals surface area (Å²) < 4.78 is 5.39. The van der Waals surface area contributed by atoms with Crippen LogP contribution < -0.4 is 5.32 Å². The van der Waals surface area contributed by atoms with Gasteiger partial charge in [-0.2, -0.15) is 0 Å². The average molecular weight is 408 g/mol. The Balaban J connectivity index is 1.32. The van der Waals surface area contributed by atoms with Crippen LogP contribution in [0.5, 0.6) is 0 Å². The Hall–Kier alpha value is -2.70. The minimum absolute atomic E-state index is 0.0315. The van der Waals surface area contributed by atoms with E-state index in [1.165, 1.54) is 5.56 Å². The molecule has 6 nitrogen and oxygen atoms in total. The quantitative estimate of drug-likeness (QED) is 0.800. The molecule has 2 aliphatic rings. The van der Waals surface area contributed by atoms with Crippen molar-refractivity contribution in [1.29, 1.82) is 0 Å². The van der Waals surface area contributed by atoms with Crippen LogP contribution in [0.25, 0.3) is 0 Å². The average Bonchev–Trinajstić information content (AvgIpc) is 3.18. The summed E-state index contributed by atoms with van der Waals surface area (Å²) in [5, 5.41) is 2.98. The smallest absolute Gasteiger partial charge is 0.229 e. The van der Waals surface area contributed by atoms with Crippen molar-refractivity contribution in [2.24, 2.45) is 5.92 Å². The van der Waals surface area contributed by atoms with E-state index in [-0.39, 0.29) is 30.2 Å². The fraction of sp³-hybridized carbons (Fsp3) is 0.417. The van der Waals surface area contributed by atoms with E-state index in [1.54, 1.807) is 0 Å². The molecule has 6 heteroatoms. The van der Waals surface area contributed by atoms with Crippen LogP contribution in [0.1, 0.15) is 30.5 Å². The van der Waals surface area contributed by atoms with E-state index in [1.807, 2.05) is 54.3 Å². The zero-order chi connectivity index (χ0) is 20.9.